The number of amides is 1. The van der Waals surface area contributed by atoms with Gasteiger partial charge in [-0.05, 0) is 42.5 Å². The van der Waals surface area contributed by atoms with E-state index in [4.69, 9.17) is 23.2 Å². The summed E-state index contributed by atoms with van der Waals surface area (Å²) in [4.78, 5) is 33.6. The highest BCUT2D eigenvalue weighted by atomic mass is 35.5. The van der Waals surface area contributed by atoms with E-state index in [0.717, 1.165) is 11.3 Å². The van der Waals surface area contributed by atoms with Crippen molar-refractivity contribution in [3.8, 4) is 0 Å². The summed E-state index contributed by atoms with van der Waals surface area (Å²) in [7, 11) is -4.04. The van der Waals surface area contributed by atoms with E-state index in [2.05, 4.69) is 25.3 Å². The minimum atomic E-state index is -4.04. The van der Waals surface area contributed by atoms with Gasteiger partial charge in [0, 0.05) is 31.0 Å². The molecule has 0 radical (unpaired) electrons. The van der Waals surface area contributed by atoms with Crippen molar-refractivity contribution in [3.05, 3.63) is 76.5 Å². The van der Waals surface area contributed by atoms with Crippen molar-refractivity contribution in [2.24, 2.45) is 0 Å². The highest BCUT2D eigenvalue weighted by Crippen LogP contribution is 2.33. The molecule has 0 aliphatic carbocycles. The molecule has 16 heteroatoms. The monoisotopic (exact) mass is 607 g/mol. The molecule has 3 heterocycles. The molecule has 1 fully saturated rings. The number of piperazine rings is 1. The summed E-state index contributed by atoms with van der Waals surface area (Å²) in [5.41, 5.74) is -0.697. The predicted molar refractivity (Wildman–Crippen MR) is 149 cm³/mol. The number of hydrogen-bond acceptors (Lipinski definition) is 10. The molecule has 1 aliphatic rings. The van der Waals surface area contributed by atoms with Crippen LogP contribution in [0.4, 0.5) is 22.3 Å². The number of nitrogens with zero attached hydrogens (tertiary/aromatic N) is 4. The molecule has 5 rings (SSSR count). The molecule has 1 saturated heterocycles. The molecule has 3 N–H and O–H groups in total. The number of fused-ring (bicyclic) bond motifs is 1. The molecule has 12 nitrogen and oxygen atoms in total. The molecule has 4 aromatic rings. The van der Waals surface area contributed by atoms with Crippen molar-refractivity contribution in [1.29, 1.82) is 0 Å². The van der Waals surface area contributed by atoms with Gasteiger partial charge in [0.15, 0.2) is 10.6 Å². The van der Waals surface area contributed by atoms with Gasteiger partial charge >= 0.3 is 0 Å². The van der Waals surface area contributed by atoms with Crippen molar-refractivity contribution in [1.82, 2.24) is 20.2 Å². The number of carbonyl (C=O) groups is 1. The summed E-state index contributed by atoms with van der Waals surface area (Å²) in [6.07, 6.45) is 1.52. The van der Waals surface area contributed by atoms with Crippen LogP contribution in [0.3, 0.4) is 0 Å². The second kappa shape index (κ2) is 10.9. The third kappa shape index (κ3) is 5.60. The van der Waals surface area contributed by atoms with E-state index in [1.165, 1.54) is 47.5 Å². The summed E-state index contributed by atoms with van der Waals surface area (Å²) in [5, 5.41) is 17.3. The lowest BCUT2D eigenvalue weighted by atomic mass is 10.2. The minimum Gasteiger partial charge on any atom is -0.340 e. The number of para-hydroxylation sites is 1. The Kier molecular flexibility index (Phi) is 7.55. The summed E-state index contributed by atoms with van der Waals surface area (Å²) < 4.78 is 28.8. The zero-order valence-corrected chi connectivity index (χ0v) is 22.9. The molecule has 0 saturated carbocycles. The number of hydrogen-bond donors (Lipinski definition) is 3. The fraction of sp³-hybridized carbons (Fsp3) is 0.174. The highest BCUT2D eigenvalue weighted by Gasteiger charge is 2.33. The van der Waals surface area contributed by atoms with Gasteiger partial charge in [0.2, 0.25) is 0 Å². The van der Waals surface area contributed by atoms with Crippen molar-refractivity contribution in [3.63, 3.8) is 0 Å². The van der Waals surface area contributed by atoms with Gasteiger partial charge in [0.05, 0.1) is 20.1 Å². The highest BCUT2D eigenvalue weighted by molar-refractivity contribution is 7.93. The van der Waals surface area contributed by atoms with Crippen LogP contribution >= 0.6 is 34.5 Å². The summed E-state index contributed by atoms with van der Waals surface area (Å²) in [5.74, 6) is -0.0851. The Morgan fingerprint density at radius 2 is 1.92 bits per heavy atom. The Morgan fingerprint density at radius 3 is 2.67 bits per heavy atom. The van der Waals surface area contributed by atoms with E-state index in [-0.39, 0.29) is 38.5 Å². The second-order valence-corrected chi connectivity index (χ2v) is 11.9. The number of non-ortho nitro benzene ring substituents is 1. The number of nitrogens with one attached hydrogen (secondary N) is 3. The summed E-state index contributed by atoms with van der Waals surface area (Å²) in [6, 6.07) is 13.4. The molecule has 2 atom stereocenters. The fourth-order valence-electron chi connectivity index (χ4n) is 3.90. The van der Waals surface area contributed by atoms with E-state index < -0.39 is 25.9 Å². The number of sulfonamides is 1. The predicted octanol–water partition coefficient (Wildman–Crippen LogP) is 4.32. The number of rotatable bonds is 7. The third-order valence-electron chi connectivity index (χ3n) is 5.77. The molecule has 0 spiro atoms. The van der Waals surface area contributed by atoms with Crippen LogP contribution in [-0.2, 0) is 10.0 Å². The maximum atomic E-state index is 13.2. The molecule has 0 bridgehead atoms. The van der Waals surface area contributed by atoms with Gasteiger partial charge in [-0.1, -0.05) is 29.0 Å². The molecule has 2 unspecified atom stereocenters. The lowest BCUT2D eigenvalue weighted by Crippen LogP contribution is -2.55. The first kappa shape index (κ1) is 27.0. The number of pyridine rings is 1. The number of halogens is 2. The van der Waals surface area contributed by atoms with Gasteiger partial charge in [0.1, 0.15) is 16.8 Å². The number of nitro benzene ring substituents is 1. The number of benzene rings is 2. The topological polar surface area (TPSA) is 159 Å². The number of nitro groups is 1. The van der Waals surface area contributed by atoms with E-state index in [1.807, 2.05) is 0 Å². The number of anilines is 3. The van der Waals surface area contributed by atoms with Gasteiger partial charge in [0.25, 0.3) is 21.6 Å². The first-order valence-electron chi connectivity index (χ1n) is 11.4. The van der Waals surface area contributed by atoms with Crippen molar-refractivity contribution < 1.29 is 18.1 Å². The number of carbonyl (C=O) groups excluding carboxylic acids is 1. The first-order chi connectivity index (χ1) is 18.6. The van der Waals surface area contributed by atoms with E-state index in [9.17, 15) is 23.3 Å². The van der Waals surface area contributed by atoms with Crippen LogP contribution in [0.5, 0.6) is 0 Å². The van der Waals surface area contributed by atoms with Gasteiger partial charge in [-0.15, -0.1) is 11.6 Å². The van der Waals surface area contributed by atoms with E-state index >= 15 is 0 Å². The van der Waals surface area contributed by atoms with Gasteiger partial charge in [-0.25, -0.2) is 18.4 Å². The molecule has 2 aromatic carbocycles. The largest absolute Gasteiger partial charge is 0.340 e. The van der Waals surface area contributed by atoms with Crippen LogP contribution in [0.15, 0.2) is 65.7 Å². The number of aromatic nitrogens is 2. The van der Waals surface area contributed by atoms with Crippen molar-refractivity contribution in [2.75, 3.05) is 23.1 Å². The number of thiazole rings is 1. The molecule has 1 aliphatic heterocycles. The molecule has 2 aromatic heterocycles. The summed E-state index contributed by atoms with van der Waals surface area (Å²) in [6.45, 7) is 0.857. The van der Waals surface area contributed by atoms with Gasteiger partial charge in [-0.3, -0.25) is 24.9 Å². The Hall–Kier alpha value is -3.56. The standard InChI is InChI=1S/C23H19Cl2N7O5S2/c24-19-20(25)31(12-11-26-19)22(33)15-3-2-10-27-21(15)28-13-6-8-14(9-7-13)39(36,37)30-23-29-18-16(32(34)35)4-1-5-17(18)38-23/h1-10,19-20,26H,11-12H2,(H,27,28)(H,29,30). The zero-order chi connectivity index (χ0) is 27.7. The van der Waals surface area contributed by atoms with E-state index in [0.29, 0.717) is 23.5 Å². The molecular formula is C23H19Cl2N7O5S2. The quantitative estimate of drug-likeness (QED) is 0.120. The lowest BCUT2D eigenvalue weighted by Gasteiger charge is -2.35. The van der Waals surface area contributed by atoms with Crippen LogP contribution in [0.25, 0.3) is 10.2 Å². The van der Waals surface area contributed by atoms with Crippen LogP contribution in [0.1, 0.15) is 10.4 Å². The average molecular weight is 608 g/mol. The fourth-order valence-corrected chi connectivity index (χ4v) is 6.54. The van der Waals surface area contributed by atoms with Crippen molar-refractivity contribution in [2.45, 2.75) is 15.9 Å². The van der Waals surface area contributed by atoms with Crippen molar-refractivity contribution >= 4 is 83.0 Å². The van der Waals surface area contributed by atoms with Gasteiger partial charge in [-0.2, -0.15) is 0 Å². The molecule has 202 valence electrons. The van der Waals surface area contributed by atoms with Crippen LogP contribution in [0, 0.1) is 10.1 Å². The van der Waals surface area contributed by atoms with E-state index in [1.54, 1.807) is 18.2 Å². The second-order valence-electron chi connectivity index (χ2n) is 8.28. The smallest absolute Gasteiger partial charge is 0.296 e. The van der Waals surface area contributed by atoms with Crippen LogP contribution < -0.4 is 15.4 Å². The Morgan fingerprint density at radius 1 is 1.15 bits per heavy atom. The summed E-state index contributed by atoms with van der Waals surface area (Å²) >= 11 is 13.5. The molecule has 1 amide bonds. The average Bonchev–Trinajstić information content (AvgIpc) is 3.32. The minimum absolute atomic E-state index is 0.00262. The van der Waals surface area contributed by atoms with Gasteiger partial charge < -0.3 is 10.2 Å². The van der Waals surface area contributed by atoms with Crippen LogP contribution in [-0.4, -0.2) is 58.2 Å². The SMILES string of the molecule is O=C(c1cccnc1Nc1ccc(S(=O)(=O)Nc2nc3c([N+](=O)[O-])cccc3s2)cc1)N1CCNC(Cl)C1Cl. The molecule has 39 heavy (non-hydrogen) atoms. The Bertz CT molecular complexity index is 1670. The third-order valence-corrected chi connectivity index (χ3v) is 9.20. The molecular weight excluding hydrogens is 589 g/mol. The maximum absolute atomic E-state index is 13.2. The van der Waals surface area contributed by atoms with Crippen LogP contribution in [0.2, 0.25) is 0 Å². The Labute approximate surface area is 236 Å². The maximum Gasteiger partial charge on any atom is 0.296 e. The normalized spacial score (nSPS) is 17.6. The first-order valence-corrected chi connectivity index (χ1v) is 14.5. The lowest BCUT2D eigenvalue weighted by molar-refractivity contribution is -0.383. The Balaban J connectivity index is 1.33. The number of alkyl halides is 2. The zero-order valence-electron chi connectivity index (χ0n) is 19.7.